The lowest BCUT2D eigenvalue weighted by molar-refractivity contribution is 0.471. The molecule has 0 saturated heterocycles. The fraction of sp³-hybridized carbons (Fsp3) is 0.824. The fourth-order valence-electron chi connectivity index (χ4n) is 2.93. The zero-order valence-electron chi connectivity index (χ0n) is 13.6. The number of nitrogens with zero attached hydrogens (tertiary/aromatic N) is 2. The maximum Gasteiger partial charge on any atom is 0.106 e. The van der Waals surface area contributed by atoms with E-state index in [1.165, 1.54) is 62.2 Å². The first-order valence-corrected chi connectivity index (χ1v) is 8.22. The topological polar surface area (TPSA) is 17.8 Å². The van der Waals surface area contributed by atoms with Crippen molar-refractivity contribution in [1.29, 1.82) is 0 Å². The number of unbranched alkanes of at least 4 members (excludes halogenated alkanes) is 2. The fourth-order valence-corrected chi connectivity index (χ4v) is 2.93. The number of aryl methyl sites for hydroxylation is 2. The molecule has 0 saturated carbocycles. The Morgan fingerprint density at radius 1 is 1.00 bits per heavy atom. The van der Waals surface area contributed by atoms with Gasteiger partial charge in [-0.25, -0.2) is 4.98 Å². The van der Waals surface area contributed by atoms with Crippen LogP contribution in [0, 0.1) is 6.92 Å². The van der Waals surface area contributed by atoms with Gasteiger partial charge in [0.2, 0.25) is 0 Å². The minimum atomic E-state index is 0.597. The first-order valence-electron chi connectivity index (χ1n) is 8.22. The summed E-state index contributed by atoms with van der Waals surface area (Å²) in [6.07, 6.45) is 9.91. The van der Waals surface area contributed by atoms with Crippen molar-refractivity contribution in [2.75, 3.05) is 0 Å². The Bertz CT molecular complexity index is 366. The van der Waals surface area contributed by atoms with E-state index in [2.05, 4.69) is 39.2 Å². The van der Waals surface area contributed by atoms with E-state index >= 15 is 0 Å². The van der Waals surface area contributed by atoms with Crippen LogP contribution in [0.25, 0.3) is 0 Å². The molecule has 110 valence electrons. The van der Waals surface area contributed by atoms with Gasteiger partial charge in [0.15, 0.2) is 0 Å². The number of rotatable bonds is 9. The van der Waals surface area contributed by atoms with Gasteiger partial charge in [0.25, 0.3) is 0 Å². The van der Waals surface area contributed by atoms with Crippen molar-refractivity contribution in [2.24, 2.45) is 0 Å². The van der Waals surface area contributed by atoms with Crippen LogP contribution < -0.4 is 0 Å². The second kappa shape index (κ2) is 8.39. The average Bonchev–Trinajstić information content (AvgIpc) is 2.70. The molecule has 0 aliphatic rings. The van der Waals surface area contributed by atoms with Crippen molar-refractivity contribution in [2.45, 2.75) is 92.0 Å². The lowest BCUT2D eigenvalue weighted by atomic mass is 10.1. The third-order valence-corrected chi connectivity index (χ3v) is 3.95. The Balaban J connectivity index is 3.00. The molecule has 1 aromatic heterocycles. The Hall–Kier alpha value is -0.790. The van der Waals surface area contributed by atoms with E-state index in [1.54, 1.807) is 0 Å². The third-order valence-electron chi connectivity index (χ3n) is 3.95. The third kappa shape index (κ3) is 4.36. The average molecular weight is 264 g/mol. The van der Waals surface area contributed by atoms with E-state index in [9.17, 15) is 0 Å². The molecular formula is C17H32N2. The van der Waals surface area contributed by atoms with Crippen molar-refractivity contribution in [3.8, 4) is 0 Å². The van der Waals surface area contributed by atoms with Crippen LogP contribution in [0.4, 0.5) is 0 Å². The summed E-state index contributed by atoms with van der Waals surface area (Å²) >= 11 is 0. The molecule has 2 heteroatoms. The van der Waals surface area contributed by atoms with Crippen molar-refractivity contribution >= 4 is 0 Å². The predicted molar refractivity (Wildman–Crippen MR) is 83.8 cm³/mol. The van der Waals surface area contributed by atoms with E-state index in [-0.39, 0.29) is 0 Å². The summed E-state index contributed by atoms with van der Waals surface area (Å²) in [5.74, 6) is 1.22. The highest BCUT2D eigenvalue weighted by molar-refractivity contribution is 5.19. The van der Waals surface area contributed by atoms with Gasteiger partial charge in [-0.3, -0.25) is 0 Å². The second-order valence-corrected chi connectivity index (χ2v) is 5.77. The number of hydrogen-bond acceptors (Lipinski definition) is 1. The van der Waals surface area contributed by atoms with Crippen molar-refractivity contribution < 1.29 is 0 Å². The largest absolute Gasteiger partial charge is 0.329 e. The van der Waals surface area contributed by atoms with Crippen LogP contribution in [-0.4, -0.2) is 9.55 Å². The Labute approximate surface area is 119 Å². The van der Waals surface area contributed by atoms with Crippen molar-refractivity contribution in [3.05, 3.63) is 17.2 Å². The van der Waals surface area contributed by atoms with Gasteiger partial charge in [0.05, 0.1) is 5.69 Å². The van der Waals surface area contributed by atoms with E-state index < -0.39 is 0 Å². The van der Waals surface area contributed by atoms with E-state index in [0.29, 0.717) is 6.04 Å². The van der Waals surface area contributed by atoms with E-state index in [1.807, 2.05) is 0 Å². The molecule has 0 aliphatic carbocycles. The predicted octanol–water partition coefficient (Wildman–Crippen LogP) is 5.24. The summed E-state index contributed by atoms with van der Waals surface area (Å²) < 4.78 is 2.52. The lowest BCUT2D eigenvalue weighted by Crippen LogP contribution is -2.11. The van der Waals surface area contributed by atoms with Gasteiger partial charge in [-0.15, -0.1) is 0 Å². The van der Waals surface area contributed by atoms with Gasteiger partial charge in [-0.2, -0.15) is 0 Å². The van der Waals surface area contributed by atoms with Crippen LogP contribution in [0.2, 0.25) is 0 Å². The van der Waals surface area contributed by atoms with Crippen LogP contribution >= 0.6 is 0 Å². The van der Waals surface area contributed by atoms with Gasteiger partial charge in [0, 0.05) is 11.7 Å². The monoisotopic (exact) mass is 264 g/mol. The van der Waals surface area contributed by atoms with Gasteiger partial charge >= 0.3 is 0 Å². The Morgan fingerprint density at radius 3 is 2.21 bits per heavy atom. The van der Waals surface area contributed by atoms with Crippen LogP contribution in [-0.2, 0) is 12.8 Å². The highest BCUT2D eigenvalue weighted by atomic mass is 15.1. The zero-order chi connectivity index (χ0) is 14.3. The molecule has 2 nitrogen and oxygen atoms in total. The number of imidazole rings is 1. The van der Waals surface area contributed by atoms with Gasteiger partial charge < -0.3 is 4.57 Å². The molecule has 0 aliphatic heterocycles. The molecule has 0 amide bonds. The SMILES string of the molecule is CCCCc1nc(C)n(C(C)CCC)c1CCCC. The summed E-state index contributed by atoms with van der Waals surface area (Å²) in [6.45, 7) is 11.3. The molecule has 1 aromatic rings. The summed E-state index contributed by atoms with van der Waals surface area (Å²) in [5, 5.41) is 0. The highest BCUT2D eigenvalue weighted by Gasteiger charge is 2.17. The number of hydrogen-bond donors (Lipinski definition) is 0. The smallest absolute Gasteiger partial charge is 0.106 e. The maximum atomic E-state index is 4.87. The van der Waals surface area contributed by atoms with Crippen LogP contribution in [0.1, 0.15) is 89.5 Å². The summed E-state index contributed by atoms with van der Waals surface area (Å²) in [4.78, 5) is 4.87. The Morgan fingerprint density at radius 2 is 1.63 bits per heavy atom. The summed E-state index contributed by atoms with van der Waals surface area (Å²) in [6, 6.07) is 0.597. The zero-order valence-corrected chi connectivity index (χ0v) is 13.6. The second-order valence-electron chi connectivity index (χ2n) is 5.77. The molecular weight excluding hydrogens is 232 g/mol. The van der Waals surface area contributed by atoms with E-state index in [0.717, 1.165) is 6.42 Å². The van der Waals surface area contributed by atoms with Gasteiger partial charge in [-0.05, 0) is 46.0 Å². The lowest BCUT2D eigenvalue weighted by Gasteiger charge is -2.18. The molecule has 1 atom stereocenters. The van der Waals surface area contributed by atoms with E-state index in [4.69, 9.17) is 4.98 Å². The quantitative estimate of drug-likeness (QED) is 0.596. The van der Waals surface area contributed by atoms with Crippen LogP contribution in [0.3, 0.4) is 0 Å². The Kier molecular flexibility index (Phi) is 7.19. The van der Waals surface area contributed by atoms with Crippen LogP contribution in [0.5, 0.6) is 0 Å². The standard InChI is InChI=1S/C17H32N2/c1-6-9-12-16-17(13-10-7-2)19(15(5)18-16)14(4)11-8-3/h14H,6-13H2,1-5H3. The normalized spacial score (nSPS) is 12.9. The molecule has 1 heterocycles. The number of aromatic nitrogens is 2. The first kappa shape index (κ1) is 16.3. The molecule has 1 rings (SSSR count). The molecule has 0 N–H and O–H groups in total. The summed E-state index contributed by atoms with van der Waals surface area (Å²) in [7, 11) is 0. The van der Waals surface area contributed by atoms with Crippen molar-refractivity contribution in [3.63, 3.8) is 0 Å². The molecule has 19 heavy (non-hydrogen) atoms. The molecule has 0 aromatic carbocycles. The minimum Gasteiger partial charge on any atom is -0.329 e. The molecule has 0 fully saturated rings. The van der Waals surface area contributed by atoms with Gasteiger partial charge in [-0.1, -0.05) is 40.0 Å². The summed E-state index contributed by atoms with van der Waals surface area (Å²) in [5.41, 5.74) is 2.89. The highest BCUT2D eigenvalue weighted by Crippen LogP contribution is 2.24. The molecule has 0 spiro atoms. The maximum absolute atomic E-state index is 4.87. The molecule has 0 bridgehead atoms. The molecule has 1 unspecified atom stereocenters. The molecule has 0 radical (unpaired) electrons. The van der Waals surface area contributed by atoms with Crippen molar-refractivity contribution in [1.82, 2.24) is 9.55 Å². The first-order chi connectivity index (χ1) is 9.15. The van der Waals surface area contributed by atoms with Gasteiger partial charge in [0.1, 0.15) is 5.82 Å². The van der Waals surface area contributed by atoms with Crippen LogP contribution in [0.15, 0.2) is 0 Å². The minimum absolute atomic E-state index is 0.597.